The molecule has 0 fully saturated rings. The van der Waals surface area contributed by atoms with E-state index in [1.54, 1.807) is 24.4 Å². The summed E-state index contributed by atoms with van der Waals surface area (Å²) in [6.45, 7) is 1.80. The Kier molecular flexibility index (Phi) is 5.99. The van der Waals surface area contributed by atoms with Crippen molar-refractivity contribution in [3.05, 3.63) is 52.8 Å². The van der Waals surface area contributed by atoms with Gasteiger partial charge in [-0.05, 0) is 30.7 Å². The molecule has 0 spiro atoms. The number of amides is 1. The number of halogens is 1. The first kappa shape index (κ1) is 20.7. The molecular weight excluding hydrogens is 420 g/mol. The van der Waals surface area contributed by atoms with E-state index in [1.165, 1.54) is 23.3 Å². The van der Waals surface area contributed by atoms with E-state index in [0.29, 0.717) is 15.8 Å². The number of sulfonamides is 1. The number of benzene rings is 1. The summed E-state index contributed by atoms with van der Waals surface area (Å²) in [4.78, 5) is 23.3. The highest BCUT2D eigenvalue weighted by molar-refractivity contribution is 7.88. The topological polar surface area (TPSA) is 83.5 Å². The minimum atomic E-state index is -3.49. The zero-order valence-electron chi connectivity index (χ0n) is 15.6. The van der Waals surface area contributed by atoms with Crippen LogP contribution in [0.3, 0.4) is 0 Å². The van der Waals surface area contributed by atoms with Crippen LogP contribution in [-0.2, 0) is 21.4 Å². The molecule has 0 aliphatic heterocycles. The number of likely N-dealkylation sites (N-methyl/N-ethyl adjacent to an activating group) is 1. The zero-order valence-corrected chi connectivity index (χ0v) is 18.0. The molecule has 10 heteroatoms. The summed E-state index contributed by atoms with van der Waals surface area (Å²) in [7, 11) is -2.13. The van der Waals surface area contributed by atoms with Crippen LogP contribution in [0.2, 0.25) is 5.02 Å². The van der Waals surface area contributed by atoms with Gasteiger partial charge in [0.15, 0.2) is 5.13 Å². The van der Waals surface area contributed by atoms with Crippen LogP contribution in [0, 0.1) is 6.92 Å². The summed E-state index contributed by atoms with van der Waals surface area (Å²) in [5, 5.41) is 1.01. The van der Waals surface area contributed by atoms with Crippen LogP contribution in [-0.4, -0.2) is 48.4 Å². The molecule has 0 unspecified atom stereocenters. The maximum Gasteiger partial charge on any atom is 0.244 e. The number of nitrogens with zero attached hydrogens (tertiary/aromatic N) is 4. The maximum absolute atomic E-state index is 13.0. The van der Waals surface area contributed by atoms with Gasteiger partial charge in [0.05, 0.1) is 40.3 Å². The Hall–Kier alpha value is -2.07. The van der Waals surface area contributed by atoms with Crippen LogP contribution >= 0.6 is 22.9 Å². The monoisotopic (exact) mass is 438 g/mol. The lowest BCUT2D eigenvalue weighted by Gasteiger charge is -2.22. The molecule has 1 aromatic carbocycles. The van der Waals surface area contributed by atoms with E-state index < -0.39 is 15.9 Å². The number of hydrogen-bond acceptors (Lipinski definition) is 6. The van der Waals surface area contributed by atoms with E-state index in [9.17, 15) is 13.2 Å². The van der Waals surface area contributed by atoms with Crippen LogP contribution < -0.4 is 4.90 Å². The van der Waals surface area contributed by atoms with Crippen LogP contribution in [0.5, 0.6) is 0 Å². The first-order chi connectivity index (χ1) is 13.2. The van der Waals surface area contributed by atoms with Crippen molar-refractivity contribution in [3.63, 3.8) is 0 Å². The molecule has 2 heterocycles. The number of thiazole rings is 1. The lowest BCUT2D eigenvalue weighted by molar-refractivity contribution is -0.118. The van der Waals surface area contributed by atoms with Crippen LogP contribution in [0.15, 0.2) is 36.5 Å². The van der Waals surface area contributed by atoms with Crippen LogP contribution in [0.4, 0.5) is 5.13 Å². The molecule has 3 aromatic rings. The third-order valence-corrected chi connectivity index (χ3v) is 6.99. The predicted octanol–water partition coefficient (Wildman–Crippen LogP) is 3.08. The number of aromatic nitrogens is 2. The Morgan fingerprint density at radius 1 is 1.25 bits per heavy atom. The molecule has 148 valence electrons. The SMILES string of the molecule is Cc1ccc(Cl)c2sc(N(Cc3ccccn3)C(=O)CN(C)S(C)(=O)=O)nc12. The first-order valence-electron chi connectivity index (χ1n) is 8.34. The van der Waals surface area contributed by atoms with Crippen molar-refractivity contribution in [2.45, 2.75) is 13.5 Å². The average Bonchev–Trinajstić information content (AvgIpc) is 3.09. The third kappa shape index (κ3) is 4.49. The number of aryl methyl sites for hydroxylation is 1. The molecule has 3 rings (SSSR count). The van der Waals surface area contributed by atoms with Crippen molar-refractivity contribution >= 4 is 54.2 Å². The van der Waals surface area contributed by atoms with E-state index in [-0.39, 0.29) is 13.1 Å². The molecule has 2 aromatic heterocycles. The summed E-state index contributed by atoms with van der Waals surface area (Å²) in [6, 6.07) is 9.08. The summed E-state index contributed by atoms with van der Waals surface area (Å²) in [5.74, 6) is -0.397. The van der Waals surface area contributed by atoms with Crippen LogP contribution in [0.1, 0.15) is 11.3 Å². The largest absolute Gasteiger partial charge is 0.281 e. The van der Waals surface area contributed by atoms with Gasteiger partial charge in [0.25, 0.3) is 0 Å². The van der Waals surface area contributed by atoms with Crippen molar-refractivity contribution in [2.24, 2.45) is 0 Å². The number of anilines is 1. The molecule has 0 saturated heterocycles. The van der Waals surface area contributed by atoms with E-state index in [2.05, 4.69) is 9.97 Å². The minimum absolute atomic E-state index is 0.174. The third-order valence-electron chi connectivity index (χ3n) is 4.19. The molecule has 0 aliphatic carbocycles. The Bertz CT molecular complexity index is 1080. The summed E-state index contributed by atoms with van der Waals surface area (Å²) < 4.78 is 25.2. The fourth-order valence-corrected chi connectivity index (χ4v) is 4.19. The summed E-state index contributed by atoms with van der Waals surface area (Å²) in [6.07, 6.45) is 2.70. The molecule has 0 N–H and O–H groups in total. The minimum Gasteiger partial charge on any atom is -0.281 e. The normalized spacial score (nSPS) is 11.9. The average molecular weight is 439 g/mol. The van der Waals surface area contributed by atoms with Gasteiger partial charge in [-0.3, -0.25) is 14.7 Å². The molecule has 0 saturated carbocycles. The van der Waals surface area contributed by atoms with Crippen molar-refractivity contribution in [1.29, 1.82) is 0 Å². The number of carbonyl (C=O) groups excluding carboxylic acids is 1. The number of fused-ring (bicyclic) bond motifs is 1. The van der Waals surface area contributed by atoms with Gasteiger partial charge in [0.2, 0.25) is 15.9 Å². The summed E-state index contributed by atoms with van der Waals surface area (Å²) >= 11 is 7.59. The fraction of sp³-hybridized carbons (Fsp3) is 0.278. The van der Waals surface area contributed by atoms with E-state index in [0.717, 1.165) is 26.3 Å². The number of hydrogen-bond donors (Lipinski definition) is 0. The van der Waals surface area contributed by atoms with E-state index in [1.807, 2.05) is 19.1 Å². The Labute approximate surface area is 172 Å². The summed E-state index contributed by atoms with van der Waals surface area (Å²) in [5.41, 5.74) is 2.34. The van der Waals surface area contributed by atoms with E-state index in [4.69, 9.17) is 11.6 Å². The van der Waals surface area contributed by atoms with Gasteiger partial charge in [-0.1, -0.05) is 35.1 Å². The maximum atomic E-state index is 13.0. The van der Waals surface area contributed by atoms with Gasteiger partial charge in [0, 0.05) is 13.2 Å². The lowest BCUT2D eigenvalue weighted by atomic mass is 10.2. The second kappa shape index (κ2) is 8.12. The van der Waals surface area contributed by atoms with Gasteiger partial charge < -0.3 is 0 Å². The molecular formula is C18H19ClN4O3S2. The van der Waals surface area contributed by atoms with E-state index >= 15 is 0 Å². The Morgan fingerprint density at radius 2 is 2.00 bits per heavy atom. The molecule has 0 aliphatic rings. The van der Waals surface area contributed by atoms with Crippen molar-refractivity contribution < 1.29 is 13.2 Å². The van der Waals surface area contributed by atoms with Gasteiger partial charge >= 0.3 is 0 Å². The predicted molar refractivity (Wildman–Crippen MR) is 112 cm³/mol. The molecule has 7 nitrogen and oxygen atoms in total. The fourth-order valence-electron chi connectivity index (χ4n) is 2.52. The standard InChI is InChI=1S/C18H19ClN4O3S2/c1-12-7-8-14(19)17-16(12)21-18(27-17)23(10-13-6-4-5-9-20-13)15(24)11-22(2)28(3,25)26/h4-9H,10-11H2,1-3H3. The second-order valence-corrected chi connectivity index (χ2v) is 9.83. The Morgan fingerprint density at radius 3 is 2.61 bits per heavy atom. The van der Waals surface area contributed by atoms with Gasteiger partial charge in [-0.2, -0.15) is 4.31 Å². The van der Waals surface area contributed by atoms with Crippen molar-refractivity contribution in [1.82, 2.24) is 14.3 Å². The highest BCUT2D eigenvalue weighted by atomic mass is 35.5. The first-order valence-corrected chi connectivity index (χ1v) is 11.4. The highest BCUT2D eigenvalue weighted by Gasteiger charge is 2.25. The zero-order chi connectivity index (χ0) is 20.5. The second-order valence-electron chi connectivity index (χ2n) is 6.36. The molecule has 1 amide bonds. The molecule has 0 bridgehead atoms. The van der Waals surface area contributed by atoms with Crippen molar-refractivity contribution in [3.8, 4) is 0 Å². The molecule has 28 heavy (non-hydrogen) atoms. The smallest absolute Gasteiger partial charge is 0.244 e. The van der Waals surface area contributed by atoms with Gasteiger partial charge in [0.1, 0.15) is 0 Å². The van der Waals surface area contributed by atoms with Gasteiger partial charge in [-0.25, -0.2) is 13.4 Å². The number of rotatable bonds is 6. The van der Waals surface area contributed by atoms with Crippen LogP contribution in [0.25, 0.3) is 10.2 Å². The number of carbonyl (C=O) groups is 1. The molecule has 0 atom stereocenters. The molecule has 0 radical (unpaired) electrons. The van der Waals surface area contributed by atoms with Crippen molar-refractivity contribution in [2.75, 3.05) is 24.7 Å². The quantitative estimate of drug-likeness (QED) is 0.590. The highest BCUT2D eigenvalue weighted by Crippen LogP contribution is 2.36. The Balaban J connectivity index is 2.02. The number of pyridine rings is 1. The van der Waals surface area contributed by atoms with Gasteiger partial charge in [-0.15, -0.1) is 0 Å². The lowest BCUT2D eigenvalue weighted by Crippen LogP contribution is -2.40.